The number of amides is 2. The number of nitro groups is 1. The Morgan fingerprint density at radius 1 is 1.09 bits per heavy atom. The van der Waals surface area contributed by atoms with Crippen LogP contribution >= 0.6 is 0 Å². The molecule has 4 rings (SSSR count). The first kappa shape index (κ1) is 22.2. The van der Waals surface area contributed by atoms with Crippen molar-refractivity contribution in [3.05, 3.63) is 76.3 Å². The zero-order valence-corrected chi connectivity index (χ0v) is 18.2. The summed E-state index contributed by atoms with van der Waals surface area (Å²) in [7, 11) is 1.61. The van der Waals surface area contributed by atoms with Gasteiger partial charge >= 0.3 is 0 Å². The average Bonchev–Trinajstić information content (AvgIpc) is 2.84. The van der Waals surface area contributed by atoms with E-state index in [2.05, 4.69) is 5.32 Å². The molecule has 1 fully saturated rings. The Bertz CT molecular complexity index is 1200. The second-order valence-corrected chi connectivity index (χ2v) is 7.80. The number of nitro benzene ring substituents is 1. The van der Waals surface area contributed by atoms with Gasteiger partial charge in [0, 0.05) is 42.8 Å². The van der Waals surface area contributed by atoms with Crippen molar-refractivity contribution < 1.29 is 19.2 Å². The van der Waals surface area contributed by atoms with Gasteiger partial charge in [0.25, 0.3) is 11.6 Å². The van der Waals surface area contributed by atoms with E-state index in [1.807, 2.05) is 42.5 Å². The van der Waals surface area contributed by atoms with Crippen molar-refractivity contribution in [1.29, 1.82) is 0 Å². The Balaban J connectivity index is 1.51. The minimum atomic E-state index is -0.537. The zero-order valence-electron chi connectivity index (χ0n) is 18.2. The number of carbonyl (C=O) groups excluding carboxylic acids is 2. The van der Waals surface area contributed by atoms with Crippen LogP contribution in [0.3, 0.4) is 0 Å². The van der Waals surface area contributed by atoms with Crippen LogP contribution in [-0.2, 0) is 9.53 Å². The molecule has 2 amide bonds. The number of morpholine rings is 1. The lowest BCUT2D eigenvalue weighted by molar-refractivity contribution is -0.384. The second-order valence-electron chi connectivity index (χ2n) is 7.80. The Morgan fingerprint density at radius 2 is 1.82 bits per heavy atom. The molecule has 0 atom stereocenters. The molecule has 1 N–H and O–H groups in total. The first-order valence-corrected chi connectivity index (χ1v) is 10.6. The van der Waals surface area contributed by atoms with Crippen molar-refractivity contribution in [3.8, 4) is 0 Å². The van der Waals surface area contributed by atoms with Crippen LogP contribution in [0.5, 0.6) is 0 Å². The fourth-order valence-electron chi connectivity index (χ4n) is 3.90. The third-order valence-electron chi connectivity index (χ3n) is 5.57. The molecule has 1 heterocycles. The maximum absolute atomic E-state index is 12.7. The second kappa shape index (κ2) is 9.66. The molecule has 1 aliphatic rings. The molecule has 0 saturated carbocycles. The van der Waals surface area contributed by atoms with Crippen molar-refractivity contribution in [2.45, 2.75) is 0 Å². The standard InChI is InChI=1S/C24H24N4O5/c1-26(16-23(29)25-20-8-4-6-17-5-2-3-7-19(17)20)21-10-9-18(15-22(21)28(31)32)24(30)27-11-13-33-14-12-27/h2-10,15H,11-14,16H2,1H3,(H,25,29). The van der Waals surface area contributed by atoms with Gasteiger partial charge in [0.15, 0.2) is 0 Å². The zero-order chi connectivity index (χ0) is 23.4. The van der Waals surface area contributed by atoms with Gasteiger partial charge in [0.05, 0.1) is 24.7 Å². The van der Waals surface area contributed by atoms with E-state index in [4.69, 9.17) is 4.74 Å². The predicted octanol–water partition coefficient (Wildman–Crippen LogP) is 3.30. The van der Waals surface area contributed by atoms with Crippen molar-refractivity contribution in [1.82, 2.24) is 4.90 Å². The summed E-state index contributed by atoms with van der Waals surface area (Å²) >= 11 is 0. The van der Waals surface area contributed by atoms with E-state index in [1.165, 1.54) is 17.0 Å². The number of nitrogens with one attached hydrogen (secondary N) is 1. The fourth-order valence-corrected chi connectivity index (χ4v) is 3.90. The van der Waals surface area contributed by atoms with Crippen LogP contribution in [0.15, 0.2) is 60.7 Å². The lowest BCUT2D eigenvalue weighted by atomic mass is 10.1. The smallest absolute Gasteiger partial charge is 0.293 e. The molecule has 1 saturated heterocycles. The number of ether oxygens (including phenoxy) is 1. The topological polar surface area (TPSA) is 105 Å². The summed E-state index contributed by atoms with van der Waals surface area (Å²) in [4.78, 5) is 39.7. The van der Waals surface area contributed by atoms with Crippen LogP contribution in [0, 0.1) is 10.1 Å². The maximum Gasteiger partial charge on any atom is 0.293 e. The molecule has 0 unspecified atom stereocenters. The van der Waals surface area contributed by atoms with Crippen molar-refractivity contribution in [2.75, 3.05) is 50.1 Å². The van der Waals surface area contributed by atoms with E-state index in [0.29, 0.717) is 32.0 Å². The highest BCUT2D eigenvalue weighted by atomic mass is 16.6. The molecule has 0 aliphatic carbocycles. The summed E-state index contributed by atoms with van der Waals surface area (Å²) in [6, 6.07) is 17.7. The van der Waals surface area contributed by atoms with E-state index < -0.39 is 4.92 Å². The van der Waals surface area contributed by atoms with Crippen molar-refractivity contribution in [3.63, 3.8) is 0 Å². The number of rotatable bonds is 6. The van der Waals surface area contributed by atoms with E-state index in [-0.39, 0.29) is 35.3 Å². The number of nitrogens with zero attached hydrogens (tertiary/aromatic N) is 3. The lowest BCUT2D eigenvalue weighted by Gasteiger charge is -2.27. The number of fused-ring (bicyclic) bond motifs is 1. The summed E-state index contributed by atoms with van der Waals surface area (Å²) in [6.45, 7) is 1.69. The molecule has 170 valence electrons. The number of carbonyl (C=O) groups is 2. The van der Waals surface area contributed by atoms with Crippen molar-refractivity contribution >= 4 is 39.6 Å². The third-order valence-corrected chi connectivity index (χ3v) is 5.57. The van der Waals surface area contributed by atoms with Gasteiger partial charge in [-0.25, -0.2) is 0 Å². The summed E-state index contributed by atoms with van der Waals surface area (Å²) in [6.07, 6.45) is 0. The van der Waals surface area contributed by atoms with E-state index in [0.717, 1.165) is 10.8 Å². The first-order chi connectivity index (χ1) is 15.9. The highest BCUT2D eigenvalue weighted by Gasteiger charge is 2.24. The van der Waals surface area contributed by atoms with Gasteiger partial charge in [-0.15, -0.1) is 0 Å². The lowest BCUT2D eigenvalue weighted by Crippen LogP contribution is -2.40. The minimum absolute atomic E-state index is 0.0964. The van der Waals surface area contributed by atoms with Crippen LogP contribution in [0.4, 0.5) is 17.1 Å². The van der Waals surface area contributed by atoms with E-state index in [1.54, 1.807) is 18.0 Å². The Hall–Kier alpha value is -3.98. The normalized spacial score (nSPS) is 13.5. The Labute approximate surface area is 190 Å². The summed E-state index contributed by atoms with van der Waals surface area (Å²) in [5.74, 6) is -0.582. The van der Waals surface area contributed by atoms with Crippen LogP contribution < -0.4 is 10.2 Å². The average molecular weight is 448 g/mol. The quantitative estimate of drug-likeness (QED) is 0.458. The molecule has 1 aliphatic heterocycles. The maximum atomic E-state index is 12.7. The fraction of sp³-hybridized carbons (Fsp3) is 0.250. The number of benzene rings is 3. The van der Waals surface area contributed by atoms with Crippen LogP contribution in [-0.4, -0.2) is 61.5 Å². The van der Waals surface area contributed by atoms with Gasteiger partial charge in [-0.2, -0.15) is 0 Å². The van der Waals surface area contributed by atoms with Crippen LogP contribution in [0.1, 0.15) is 10.4 Å². The number of anilines is 2. The van der Waals surface area contributed by atoms with E-state index >= 15 is 0 Å². The highest BCUT2D eigenvalue weighted by Crippen LogP contribution is 2.29. The summed E-state index contributed by atoms with van der Waals surface area (Å²) in [5.41, 5.74) is 0.939. The predicted molar refractivity (Wildman–Crippen MR) is 126 cm³/mol. The summed E-state index contributed by atoms with van der Waals surface area (Å²) < 4.78 is 5.25. The largest absolute Gasteiger partial charge is 0.378 e. The molecular weight excluding hydrogens is 424 g/mol. The van der Waals surface area contributed by atoms with Gasteiger partial charge in [0.1, 0.15) is 5.69 Å². The van der Waals surface area contributed by atoms with E-state index in [9.17, 15) is 19.7 Å². The molecule has 3 aromatic carbocycles. The molecule has 0 radical (unpaired) electrons. The van der Waals surface area contributed by atoms with Gasteiger partial charge in [0.2, 0.25) is 5.91 Å². The molecule has 0 bridgehead atoms. The van der Waals surface area contributed by atoms with Crippen LogP contribution in [0.2, 0.25) is 0 Å². The van der Waals surface area contributed by atoms with Gasteiger partial charge in [-0.3, -0.25) is 19.7 Å². The molecule has 0 aromatic heterocycles. The van der Waals surface area contributed by atoms with Gasteiger partial charge < -0.3 is 19.9 Å². The Morgan fingerprint density at radius 3 is 2.58 bits per heavy atom. The number of likely N-dealkylation sites (N-methyl/N-ethyl adjacent to an activating group) is 1. The van der Waals surface area contributed by atoms with Crippen molar-refractivity contribution in [2.24, 2.45) is 0 Å². The molecule has 3 aromatic rings. The Kier molecular flexibility index (Phi) is 6.50. The van der Waals surface area contributed by atoms with Gasteiger partial charge in [-0.1, -0.05) is 36.4 Å². The highest BCUT2D eigenvalue weighted by molar-refractivity contribution is 6.03. The van der Waals surface area contributed by atoms with Gasteiger partial charge in [-0.05, 0) is 23.6 Å². The third kappa shape index (κ3) is 4.93. The number of hydrogen-bond donors (Lipinski definition) is 1. The summed E-state index contributed by atoms with van der Waals surface area (Å²) in [5, 5.41) is 16.5. The molecule has 9 heteroatoms. The molecular formula is C24H24N4O5. The molecule has 0 spiro atoms. The molecule has 9 nitrogen and oxygen atoms in total. The SMILES string of the molecule is CN(CC(=O)Nc1cccc2ccccc12)c1ccc(C(=O)N2CCOCC2)cc1[N+](=O)[O-]. The number of hydrogen-bond acceptors (Lipinski definition) is 6. The minimum Gasteiger partial charge on any atom is -0.378 e. The van der Waals surface area contributed by atoms with Crippen LogP contribution in [0.25, 0.3) is 10.8 Å². The molecule has 33 heavy (non-hydrogen) atoms. The first-order valence-electron chi connectivity index (χ1n) is 10.6. The monoisotopic (exact) mass is 448 g/mol.